The summed E-state index contributed by atoms with van der Waals surface area (Å²) >= 11 is 0. The van der Waals surface area contributed by atoms with Gasteiger partial charge in [0.1, 0.15) is 6.04 Å². The second-order valence-electron chi connectivity index (χ2n) is 3.10. The van der Waals surface area contributed by atoms with E-state index in [1.165, 1.54) is 13.2 Å². The minimum Gasteiger partial charge on any atom is -0.264 e. The second-order valence-corrected chi connectivity index (χ2v) is 5.14. The largest absolute Gasteiger partial charge is 0.264 e. The molecule has 0 radical (unpaired) electrons. The lowest BCUT2D eigenvalue weighted by Crippen LogP contribution is -2.29. The van der Waals surface area contributed by atoms with E-state index in [1.807, 2.05) is 6.07 Å². The van der Waals surface area contributed by atoms with Crippen molar-refractivity contribution in [1.29, 1.82) is 5.26 Å². The van der Waals surface area contributed by atoms with Crippen molar-refractivity contribution in [3.8, 4) is 6.07 Å². The van der Waals surface area contributed by atoms with Crippen LogP contribution in [0, 0.1) is 11.3 Å². The van der Waals surface area contributed by atoms with E-state index >= 15 is 0 Å². The van der Waals surface area contributed by atoms with Crippen molar-refractivity contribution in [2.45, 2.75) is 6.04 Å². The molecular weight excluding hydrogens is 214 g/mol. The molecule has 1 aromatic rings. The summed E-state index contributed by atoms with van der Waals surface area (Å²) in [5.41, 5.74) is 0.563. The Kier molecular flexibility index (Phi) is 3.39. The van der Waals surface area contributed by atoms with Crippen molar-refractivity contribution >= 4 is 10.0 Å². The maximum absolute atomic E-state index is 11.3. The summed E-state index contributed by atoms with van der Waals surface area (Å²) in [5.74, 6) is 0. The third kappa shape index (κ3) is 2.75. The first-order valence-electron chi connectivity index (χ1n) is 4.19. The molecule has 0 N–H and O–H groups in total. The van der Waals surface area contributed by atoms with E-state index in [-0.39, 0.29) is 0 Å². The van der Waals surface area contributed by atoms with E-state index in [1.54, 1.807) is 18.3 Å². The Bertz CT molecular complexity index is 464. The molecule has 0 amide bonds. The number of nitrogens with zero attached hydrogens (tertiary/aromatic N) is 3. The minimum absolute atomic E-state index is 0.563. The van der Waals surface area contributed by atoms with Gasteiger partial charge in [-0.05, 0) is 6.07 Å². The number of hydrogen-bond donors (Lipinski definition) is 0. The van der Waals surface area contributed by atoms with Gasteiger partial charge >= 0.3 is 0 Å². The minimum atomic E-state index is -3.38. The van der Waals surface area contributed by atoms with Crippen LogP contribution in [0.2, 0.25) is 0 Å². The van der Waals surface area contributed by atoms with Gasteiger partial charge in [0.15, 0.2) is 0 Å². The van der Waals surface area contributed by atoms with Gasteiger partial charge < -0.3 is 0 Å². The molecular formula is C9H11N3O2S. The summed E-state index contributed by atoms with van der Waals surface area (Å²) < 4.78 is 23.5. The molecule has 0 aliphatic rings. The van der Waals surface area contributed by atoms with Crippen molar-refractivity contribution in [1.82, 2.24) is 9.29 Å². The molecule has 0 fully saturated rings. The summed E-state index contributed by atoms with van der Waals surface area (Å²) in [7, 11) is -2.01. The van der Waals surface area contributed by atoms with Crippen LogP contribution in [0.3, 0.4) is 0 Å². The van der Waals surface area contributed by atoms with Crippen LogP contribution in [0.4, 0.5) is 0 Å². The van der Waals surface area contributed by atoms with Gasteiger partial charge in [-0.2, -0.15) is 9.57 Å². The molecule has 0 aromatic carbocycles. The van der Waals surface area contributed by atoms with E-state index in [0.717, 1.165) is 10.6 Å². The van der Waals surface area contributed by atoms with Gasteiger partial charge in [0.25, 0.3) is 0 Å². The molecule has 1 heterocycles. The number of pyridine rings is 1. The summed E-state index contributed by atoms with van der Waals surface area (Å²) in [6.45, 7) is 0. The van der Waals surface area contributed by atoms with Crippen LogP contribution in [-0.2, 0) is 10.0 Å². The molecule has 15 heavy (non-hydrogen) atoms. The Morgan fingerprint density at radius 3 is 2.67 bits per heavy atom. The third-order valence-corrected chi connectivity index (χ3v) is 3.27. The van der Waals surface area contributed by atoms with Crippen LogP contribution in [0.25, 0.3) is 0 Å². The monoisotopic (exact) mass is 225 g/mol. The van der Waals surface area contributed by atoms with Crippen LogP contribution >= 0.6 is 0 Å². The van der Waals surface area contributed by atoms with Crippen LogP contribution in [0.5, 0.6) is 0 Å². The highest BCUT2D eigenvalue weighted by molar-refractivity contribution is 7.88. The van der Waals surface area contributed by atoms with Gasteiger partial charge in [-0.3, -0.25) is 4.98 Å². The van der Waals surface area contributed by atoms with E-state index < -0.39 is 16.1 Å². The number of nitriles is 1. The lowest BCUT2D eigenvalue weighted by atomic mass is 10.1. The first kappa shape index (κ1) is 11.6. The zero-order valence-corrected chi connectivity index (χ0v) is 9.27. The van der Waals surface area contributed by atoms with Gasteiger partial charge in [0.05, 0.1) is 12.3 Å². The normalized spacial score (nSPS) is 13.5. The second kappa shape index (κ2) is 4.38. The molecule has 6 heteroatoms. The molecule has 0 spiro atoms. The van der Waals surface area contributed by atoms with E-state index in [0.29, 0.717) is 5.56 Å². The lowest BCUT2D eigenvalue weighted by molar-refractivity contribution is 0.436. The van der Waals surface area contributed by atoms with Crippen LogP contribution in [0.15, 0.2) is 24.5 Å². The predicted octanol–water partition coefficient (Wildman–Crippen LogP) is 0.538. The molecule has 1 rings (SSSR count). The van der Waals surface area contributed by atoms with Crippen LogP contribution in [0.1, 0.15) is 11.6 Å². The smallest absolute Gasteiger partial charge is 0.212 e. The number of sulfonamides is 1. The molecule has 0 aliphatic carbocycles. The molecule has 1 atom stereocenters. The highest BCUT2D eigenvalue weighted by Crippen LogP contribution is 2.19. The van der Waals surface area contributed by atoms with Crippen molar-refractivity contribution in [3.63, 3.8) is 0 Å². The van der Waals surface area contributed by atoms with Crippen molar-refractivity contribution in [2.75, 3.05) is 13.3 Å². The van der Waals surface area contributed by atoms with Gasteiger partial charge in [-0.1, -0.05) is 6.07 Å². The third-order valence-electron chi connectivity index (χ3n) is 2.01. The molecule has 0 saturated heterocycles. The number of aromatic nitrogens is 1. The number of rotatable bonds is 3. The lowest BCUT2D eigenvalue weighted by Gasteiger charge is -2.19. The molecule has 5 nitrogen and oxygen atoms in total. The SMILES string of the molecule is CN(C(C#N)c1cccnc1)S(C)(=O)=O. The predicted molar refractivity (Wildman–Crippen MR) is 55.2 cm³/mol. The first-order chi connectivity index (χ1) is 6.96. The highest BCUT2D eigenvalue weighted by Gasteiger charge is 2.23. The Balaban J connectivity index is 3.08. The number of hydrogen-bond acceptors (Lipinski definition) is 4. The van der Waals surface area contributed by atoms with Gasteiger partial charge in [-0.25, -0.2) is 8.42 Å². The Morgan fingerprint density at radius 2 is 2.27 bits per heavy atom. The summed E-state index contributed by atoms with van der Waals surface area (Å²) in [6, 6.07) is 4.44. The van der Waals surface area contributed by atoms with E-state index in [2.05, 4.69) is 4.98 Å². The van der Waals surface area contributed by atoms with Gasteiger partial charge in [-0.15, -0.1) is 0 Å². The average Bonchev–Trinajstić information content (AvgIpc) is 2.19. The highest BCUT2D eigenvalue weighted by atomic mass is 32.2. The molecule has 1 aromatic heterocycles. The fourth-order valence-corrected chi connectivity index (χ4v) is 1.65. The Morgan fingerprint density at radius 1 is 1.60 bits per heavy atom. The van der Waals surface area contributed by atoms with Crippen LogP contribution in [-0.4, -0.2) is 31.0 Å². The van der Waals surface area contributed by atoms with Crippen LogP contribution < -0.4 is 0 Å². The molecule has 1 unspecified atom stereocenters. The van der Waals surface area contributed by atoms with Gasteiger partial charge in [0, 0.05) is 25.0 Å². The molecule has 0 aliphatic heterocycles. The van der Waals surface area contributed by atoms with Crippen molar-refractivity contribution in [2.24, 2.45) is 0 Å². The standard InChI is InChI=1S/C9H11N3O2S/c1-12(15(2,13)14)9(6-10)8-4-3-5-11-7-8/h3-5,7,9H,1-2H3. The average molecular weight is 225 g/mol. The zero-order chi connectivity index (χ0) is 11.5. The summed E-state index contributed by atoms with van der Waals surface area (Å²) in [4.78, 5) is 3.85. The Labute approximate surface area is 89.0 Å². The van der Waals surface area contributed by atoms with E-state index in [9.17, 15) is 8.42 Å². The fourth-order valence-electron chi connectivity index (χ4n) is 1.09. The molecule has 80 valence electrons. The maximum atomic E-state index is 11.3. The summed E-state index contributed by atoms with van der Waals surface area (Å²) in [5, 5.41) is 8.93. The van der Waals surface area contributed by atoms with E-state index in [4.69, 9.17) is 5.26 Å². The Hall–Kier alpha value is -1.45. The van der Waals surface area contributed by atoms with Gasteiger partial charge in [0.2, 0.25) is 10.0 Å². The molecule has 0 bridgehead atoms. The zero-order valence-electron chi connectivity index (χ0n) is 8.45. The first-order valence-corrected chi connectivity index (χ1v) is 6.04. The maximum Gasteiger partial charge on any atom is 0.212 e. The quantitative estimate of drug-likeness (QED) is 0.752. The van der Waals surface area contributed by atoms with Crippen molar-refractivity contribution < 1.29 is 8.42 Å². The fraction of sp³-hybridized carbons (Fsp3) is 0.333. The summed E-state index contributed by atoms with van der Waals surface area (Å²) in [6.07, 6.45) is 4.11. The molecule has 0 saturated carbocycles. The van der Waals surface area contributed by atoms with Crippen molar-refractivity contribution in [3.05, 3.63) is 30.1 Å². The topological polar surface area (TPSA) is 74.1 Å².